The Hall–Kier alpha value is -3.54. The first-order chi connectivity index (χ1) is 15.4. The summed E-state index contributed by atoms with van der Waals surface area (Å²) in [5.74, 6) is 1.07. The molecular weight excluding hydrogens is 449 g/mol. The number of hydrogen-bond donors (Lipinski definition) is 1. The zero-order valence-corrected chi connectivity index (χ0v) is 18.4. The molecule has 0 aliphatic carbocycles. The molecule has 0 aliphatic heterocycles. The zero-order valence-electron chi connectivity index (χ0n) is 16.9. The van der Waals surface area contributed by atoms with Crippen LogP contribution in [0.1, 0.15) is 32.2 Å². The van der Waals surface area contributed by atoms with Gasteiger partial charge in [0.15, 0.2) is 5.78 Å². The fourth-order valence-electron chi connectivity index (χ4n) is 3.12. The maximum Gasteiger partial charge on any atom is 0.259 e. The summed E-state index contributed by atoms with van der Waals surface area (Å²) in [7, 11) is 0. The minimum Gasteiger partial charge on any atom is -0.469 e. The summed E-state index contributed by atoms with van der Waals surface area (Å²) >= 11 is 12.1. The molecule has 0 saturated carbocycles. The lowest BCUT2D eigenvalue weighted by molar-refractivity contribution is 0.102. The van der Waals surface area contributed by atoms with Gasteiger partial charge in [-0.1, -0.05) is 35.3 Å². The second-order valence-electron chi connectivity index (χ2n) is 6.98. The third-order valence-corrected chi connectivity index (χ3v) is 5.12. The van der Waals surface area contributed by atoms with Crippen molar-refractivity contribution in [2.75, 3.05) is 5.32 Å². The molecule has 0 saturated heterocycles. The summed E-state index contributed by atoms with van der Waals surface area (Å²) in [6.07, 6.45) is 4.45. The molecule has 5 nitrogen and oxygen atoms in total. The molecule has 0 spiro atoms. The highest BCUT2D eigenvalue weighted by molar-refractivity contribution is 6.35. The van der Waals surface area contributed by atoms with E-state index in [2.05, 4.69) is 5.32 Å². The predicted molar refractivity (Wildman–Crippen MR) is 125 cm³/mol. The zero-order chi connectivity index (χ0) is 22.7. The Bertz CT molecular complexity index is 1310. The Kier molecular flexibility index (Phi) is 6.30. The van der Waals surface area contributed by atoms with E-state index in [-0.39, 0.29) is 11.7 Å². The van der Waals surface area contributed by atoms with E-state index in [4.69, 9.17) is 32.0 Å². The molecule has 0 aliphatic rings. The molecule has 2 aromatic carbocycles. The molecule has 0 radical (unpaired) electrons. The molecule has 0 fully saturated rings. The molecule has 32 heavy (non-hydrogen) atoms. The highest BCUT2D eigenvalue weighted by atomic mass is 35.5. The number of ketones is 1. The maximum absolute atomic E-state index is 12.6. The first kappa shape index (κ1) is 21.7. The minimum absolute atomic E-state index is 0.232. The smallest absolute Gasteiger partial charge is 0.259 e. The third kappa shape index (κ3) is 5.02. The topological polar surface area (TPSA) is 72.5 Å². The lowest BCUT2D eigenvalue weighted by Gasteiger charge is -2.05. The van der Waals surface area contributed by atoms with Crippen LogP contribution in [0.3, 0.4) is 0 Å². The van der Waals surface area contributed by atoms with Crippen molar-refractivity contribution in [2.24, 2.45) is 0 Å². The molecule has 0 atom stereocenters. The molecule has 1 amide bonds. The van der Waals surface area contributed by atoms with Crippen LogP contribution in [0.15, 0.2) is 81.8 Å². The molecule has 4 aromatic rings. The fraction of sp³-hybridized carbons (Fsp3) is 0.0400. The predicted octanol–water partition coefficient (Wildman–Crippen LogP) is 7.30. The SMILES string of the molecule is Cc1occc1C(=O)Nc1cccc(C(=O)/C=C/c2ccc(-c3cc(Cl)cc(Cl)c3)o2)c1. The number of rotatable bonds is 6. The highest BCUT2D eigenvalue weighted by Gasteiger charge is 2.12. The lowest BCUT2D eigenvalue weighted by Crippen LogP contribution is -2.12. The molecule has 160 valence electrons. The van der Waals surface area contributed by atoms with Crippen molar-refractivity contribution < 1.29 is 18.4 Å². The van der Waals surface area contributed by atoms with E-state index in [0.717, 1.165) is 5.56 Å². The number of allylic oxidation sites excluding steroid dienone is 1. The fourth-order valence-corrected chi connectivity index (χ4v) is 3.64. The van der Waals surface area contributed by atoms with E-state index in [1.807, 2.05) is 0 Å². The van der Waals surface area contributed by atoms with Gasteiger partial charge in [0.1, 0.15) is 17.3 Å². The molecule has 0 bridgehead atoms. The van der Waals surface area contributed by atoms with Crippen LogP contribution in [0, 0.1) is 6.92 Å². The normalized spacial score (nSPS) is 11.1. The summed E-state index contributed by atoms with van der Waals surface area (Å²) in [6.45, 7) is 1.71. The van der Waals surface area contributed by atoms with Gasteiger partial charge in [-0.05, 0) is 67.6 Å². The van der Waals surface area contributed by atoms with E-state index >= 15 is 0 Å². The molecule has 2 aromatic heterocycles. The van der Waals surface area contributed by atoms with Crippen molar-refractivity contribution in [2.45, 2.75) is 6.92 Å². The first-order valence-electron chi connectivity index (χ1n) is 9.63. The number of carbonyl (C=O) groups excluding carboxylic acids is 2. The lowest BCUT2D eigenvalue weighted by atomic mass is 10.1. The van der Waals surface area contributed by atoms with Crippen LogP contribution in [0.25, 0.3) is 17.4 Å². The number of amides is 1. The Morgan fingerprint density at radius 3 is 2.47 bits per heavy atom. The summed E-state index contributed by atoms with van der Waals surface area (Å²) in [5.41, 5.74) is 2.12. The Labute approximate surface area is 194 Å². The summed E-state index contributed by atoms with van der Waals surface area (Å²) in [5, 5.41) is 3.78. The number of hydrogen-bond acceptors (Lipinski definition) is 4. The number of benzene rings is 2. The van der Waals surface area contributed by atoms with Crippen molar-refractivity contribution in [3.05, 3.63) is 106 Å². The molecule has 7 heteroatoms. The molecule has 2 heterocycles. The van der Waals surface area contributed by atoms with E-state index in [1.54, 1.807) is 73.7 Å². The van der Waals surface area contributed by atoms with Crippen LogP contribution in [0.4, 0.5) is 5.69 Å². The van der Waals surface area contributed by atoms with Crippen LogP contribution in [-0.4, -0.2) is 11.7 Å². The van der Waals surface area contributed by atoms with Crippen LogP contribution < -0.4 is 5.32 Å². The maximum atomic E-state index is 12.6. The van der Waals surface area contributed by atoms with Crippen molar-refractivity contribution in [1.82, 2.24) is 0 Å². The van der Waals surface area contributed by atoms with Crippen LogP contribution in [-0.2, 0) is 0 Å². The largest absolute Gasteiger partial charge is 0.469 e. The van der Waals surface area contributed by atoms with E-state index in [0.29, 0.717) is 44.1 Å². The third-order valence-electron chi connectivity index (χ3n) is 4.68. The Morgan fingerprint density at radius 1 is 0.969 bits per heavy atom. The van der Waals surface area contributed by atoms with Gasteiger partial charge in [-0.15, -0.1) is 0 Å². The van der Waals surface area contributed by atoms with Gasteiger partial charge in [-0.25, -0.2) is 0 Å². The number of carbonyl (C=O) groups is 2. The van der Waals surface area contributed by atoms with Crippen LogP contribution in [0.2, 0.25) is 10.0 Å². The second-order valence-corrected chi connectivity index (χ2v) is 7.86. The average molecular weight is 466 g/mol. The Balaban J connectivity index is 1.46. The van der Waals surface area contributed by atoms with E-state index in [1.165, 1.54) is 12.3 Å². The van der Waals surface area contributed by atoms with Crippen molar-refractivity contribution in [3.8, 4) is 11.3 Å². The van der Waals surface area contributed by atoms with E-state index in [9.17, 15) is 9.59 Å². The number of aryl methyl sites for hydroxylation is 1. The van der Waals surface area contributed by atoms with Crippen molar-refractivity contribution >= 4 is 46.7 Å². The van der Waals surface area contributed by atoms with Gasteiger partial charge in [-0.2, -0.15) is 0 Å². The summed E-state index contributed by atoms with van der Waals surface area (Å²) < 4.78 is 10.9. The van der Waals surface area contributed by atoms with Crippen molar-refractivity contribution in [3.63, 3.8) is 0 Å². The summed E-state index contributed by atoms with van der Waals surface area (Å²) in [6, 6.07) is 17.0. The first-order valence-corrected chi connectivity index (χ1v) is 10.4. The molecule has 0 unspecified atom stereocenters. The highest BCUT2D eigenvalue weighted by Crippen LogP contribution is 2.29. The van der Waals surface area contributed by atoms with Gasteiger partial charge in [0.2, 0.25) is 0 Å². The second kappa shape index (κ2) is 9.30. The van der Waals surface area contributed by atoms with Crippen molar-refractivity contribution in [1.29, 1.82) is 0 Å². The van der Waals surface area contributed by atoms with Crippen LogP contribution >= 0.6 is 23.2 Å². The number of anilines is 1. The minimum atomic E-state index is -0.305. The molecule has 4 rings (SSSR count). The quantitative estimate of drug-likeness (QED) is 0.239. The van der Waals surface area contributed by atoms with Gasteiger partial charge in [-0.3, -0.25) is 9.59 Å². The number of furan rings is 2. The van der Waals surface area contributed by atoms with Crippen LogP contribution in [0.5, 0.6) is 0 Å². The van der Waals surface area contributed by atoms with Gasteiger partial charge < -0.3 is 14.2 Å². The molecule has 1 N–H and O–H groups in total. The van der Waals surface area contributed by atoms with Gasteiger partial charge >= 0.3 is 0 Å². The monoisotopic (exact) mass is 465 g/mol. The number of halogens is 2. The standard InChI is InChI=1S/C25H17Cl2NO4/c1-15-22(9-10-31-15)25(30)28-20-4-2-3-16(13-20)23(29)7-5-21-6-8-24(32-21)17-11-18(26)14-19(27)12-17/h2-14H,1H3,(H,28,30)/b7-5+. The Morgan fingerprint density at radius 2 is 1.75 bits per heavy atom. The summed E-state index contributed by atoms with van der Waals surface area (Å²) in [4.78, 5) is 25.0. The van der Waals surface area contributed by atoms with Gasteiger partial charge in [0.25, 0.3) is 5.91 Å². The van der Waals surface area contributed by atoms with Gasteiger partial charge in [0, 0.05) is 26.9 Å². The van der Waals surface area contributed by atoms with E-state index < -0.39 is 0 Å². The molecular formula is C25H17Cl2NO4. The van der Waals surface area contributed by atoms with Gasteiger partial charge in [0.05, 0.1) is 11.8 Å². The average Bonchev–Trinajstić information content (AvgIpc) is 3.40. The number of nitrogens with one attached hydrogen (secondary N) is 1.